The molecule has 0 spiro atoms. The number of ketones is 1. The van der Waals surface area contributed by atoms with Crippen LogP contribution in [0, 0.1) is 6.92 Å². The molecule has 0 bridgehead atoms. The number of allylic oxidation sites excluding steroid dienone is 2. The molecule has 6 nitrogen and oxygen atoms in total. The van der Waals surface area contributed by atoms with E-state index in [1.54, 1.807) is 11.8 Å². The molecule has 2 heterocycles. The van der Waals surface area contributed by atoms with Gasteiger partial charge in [0.1, 0.15) is 18.4 Å². The van der Waals surface area contributed by atoms with Crippen LogP contribution in [0.25, 0.3) is 0 Å². The van der Waals surface area contributed by atoms with E-state index in [0.29, 0.717) is 19.0 Å². The van der Waals surface area contributed by atoms with Gasteiger partial charge in [-0.15, -0.1) is 5.10 Å². The first kappa shape index (κ1) is 21.8. The van der Waals surface area contributed by atoms with E-state index >= 15 is 0 Å². The van der Waals surface area contributed by atoms with E-state index in [1.165, 1.54) is 11.1 Å². The number of carbonyl (C=O) groups is 1. The quantitative estimate of drug-likeness (QED) is 0.457. The Morgan fingerprint density at radius 3 is 2.76 bits per heavy atom. The maximum atomic E-state index is 13.0. The lowest BCUT2D eigenvalue weighted by Gasteiger charge is -2.32. The molecule has 3 aromatic rings. The first-order valence-corrected chi connectivity index (χ1v) is 12.5. The normalized spacial score (nSPS) is 17.4. The highest BCUT2D eigenvalue weighted by molar-refractivity contribution is 7.99. The van der Waals surface area contributed by atoms with Gasteiger partial charge in [-0.1, -0.05) is 55.1 Å². The average molecular weight is 461 g/mol. The number of fused-ring (bicyclic) bond motifs is 1. The van der Waals surface area contributed by atoms with Crippen LogP contribution in [0.2, 0.25) is 0 Å². The van der Waals surface area contributed by atoms with Crippen LogP contribution in [0.15, 0.2) is 65.0 Å². The number of Topliss-reactive ketones (excluding diaryl/α,β-unsaturated/α-hetero) is 1. The monoisotopic (exact) mass is 460 g/mol. The van der Waals surface area contributed by atoms with Crippen molar-refractivity contribution in [1.82, 2.24) is 14.8 Å². The van der Waals surface area contributed by atoms with Crippen LogP contribution in [0.3, 0.4) is 0 Å². The second-order valence-corrected chi connectivity index (χ2v) is 9.55. The van der Waals surface area contributed by atoms with Crippen molar-refractivity contribution in [3.8, 4) is 5.75 Å². The van der Waals surface area contributed by atoms with Crippen LogP contribution in [0.1, 0.15) is 55.3 Å². The van der Waals surface area contributed by atoms with Crippen molar-refractivity contribution >= 4 is 23.5 Å². The van der Waals surface area contributed by atoms with E-state index < -0.39 is 0 Å². The van der Waals surface area contributed by atoms with Crippen LogP contribution in [0.4, 0.5) is 5.95 Å². The molecule has 2 aromatic carbocycles. The fraction of sp³-hybridized carbons (Fsp3) is 0.346. The summed E-state index contributed by atoms with van der Waals surface area (Å²) < 4.78 is 7.91. The van der Waals surface area contributed by atoms with Crippen LogP contribution in [0.5, 0.6) is 5.75 Å². The predicted molar refractivity (Wildman–Crippen MR) is 131 cm³/mol. The van der Waals surface area contributed by atoms with Crippen molar-refractivity contribution in [2.45, 2.75) is 57.3 Å². The lowest BCUT2D eigenvalue weighted by molar-refractivity contribution is -0.116. The summed E-state index contributed by atoms with van der Waals surface area (Å²) in [6, 6.07) is 16.0. The summed E-state index contributed by atoms with van der Waals surface area (Å²) in [7, 11) is 0. The van der Waals surface area contributed by atoms with Crippen LogP contribution in [-0.4, -0.2) is 26.3 Å². The number of aromatic nitrogens is 3. The molecule has 7 heteroatoms. The summed E-state index contributed by atoms with van der Waals surface area (Å²) in [6.45, 7) is 4.76. The van der Waals surface area contributed by atoms with Gasteiger partial charge in [-0.2, -0.15) is 4.98 Å². The van der Waals surface area contributed by atoms with Gasteiger partial charge in [-0.25, -0.2) is 4.68 Å². The summed E-state index contributed by atoms with van der Waals surface area (Å²) in [5, 5.41) is 8.90. The van der Waals surface area contributed by atoms with Crippen LogP contribution >= 0.6 is 11.8 Å². The zero-order chi connectivity index (χ0) is 22.8. The largest absolute Gasteiger partial charge is 0.489 e. The second kappa shape index (κ2) is 9.43. The first-order valence-electron chi connectivity index (χ1n) is 11.5. The smallest absolute Gasteiger partial charge is 0.227 e. The highest BCUT2D eigenvalue weighted by Gasteiger charge is 2.36. The lowest BCUT2D eigenvalue weighted by atomic mass is 9.85. The third-order valence-electron chi connectivity index (χ3n) is 6.14. The van der Waals surface area contributed by atoms with Crippen LogP contribution < -0.4 is 10.1 Å². The zero-order valence-electron chi connectivity index (χ0n) is 19.0. The van der Waals surface area contributed by atoms with Crippen molar-refractivity contribution in [2.24, 2.45) is 0 Å². The number of hydrogen-bond donors (Lipinski definition) is 1. The molecule has 1 atom stereocenters. The number of nitrogens with zero attached hydrogens (tertiary/aromatic N) is 3. The maximum Gasteiger partial charge on any atom is 0.227 e. The molecular formula is C26H28N4O2S. The molecule has 0 amide bonds. The number of aryl methyl sites for hydroxylation is 1. The number of carbonyl (C=O) groups excluding carboxylic acids is 1. The molecule has 0 radical (unpaired) electrons. The fourth-order valence-corrected chi connectivity index (χ4v) is 5.06. The SMILES string of the molecule is CCCSc1nc2n(n1)C(c1ccc(OCc3ccccc3C)cc1)C1=C(CCCC1=O)N2. The Hall–Kier alpha value is -3.06. The van der Waals surface area contributed by atoms with Gasteiger partial charge >= 0.3 is 0 Å². The van der Waals surface area contributed by atoms with Crippen molar-refractivity contribution in [1.29, 1.82) is 0 Å². The van der Waals surface area contributed by atoms with E-state index in [0.717, 1.165) is 52.8 Å². The molecule has 1 unspecified atom stereocenters. The average Bonchev–Trinajstić information content (AvgIpc) is 3.24. The number of anilines is 1. The number of nitrogens with one attached hydrogen (secondary N) is 1. The molecule has 0 saturated carbocycles. The standard InChI is InChI=1S/C26H28N4O2S/c1-3-15-33-26-28-25-27-21-9-6-10-22(31)23(21)24(30(25)29-26)18-11-13-20(14-12-18)32-16-19-8-5-4-7-17(19)2/h4-5,7-8,11-14,24H,3,6,9-10,15-16H2,1-2H3,(H,27,28,29). The zero-order valence-corrected chi connectivity index (χ0v) is 19.8. The molecule has 2 aliphatic rings. The van der Waals surface area contributed by atoms with Gasteiger partial charge in [0.2, 0.25) is 11.1 Å². The molecule has 0 saturated heterocycles. The number of rotatable bonds is 7. The number of ether oxygens (including phenoxy) is 1. The Morgan fingerprint density at radius 2 is 1.97 bits per heavy atom. The first-order chi connectivity index (χ1) is 16.1. The predicted octanol–water partition coefficient (Wildman–Crippen LogP) is 5.69. The minimum absolute atomic E-state index is 0.192. The molecule has 1 N–H and O–H groups in total. The topological polar surface area (TPSA) is 69.0 Å². The van der Waals surface area contributed by atoms with Gasteiger partial charge in [0, 0.05) is 23.4 Å². The maximum absolute atomic E-state index is 13.0. The Balaban J connectivity index is 1.43. The number of benzene rings is 2. The minimum atomic E-state index is -0.266. The Morgan fingerprint density at radius 1 is 1.15 bits per heavy atom. The van der Waals surface area contributed by atoms with Crippen molar-refractivity contribution in [2.75, 3.05) is 11.1 Å². The van der Waals surface area contributed by atoms with E-state index in [2.05, 4.69) is 31.3 Å². The highest BCUT2D eigenvalue weighted by atomic mass is 32.2. The van der Waals surface area contributed by atoms with Crippen LogP contribution in [-0.2, 0) is 11.4 Å². The summed E-state index contributed by atoms with van der Waals surface area (Å²) in [5.74, 6) is 2.68. The molecule has 0 fully saturated rings. The van der Waals surface area contributed by atoms with Crippen molar-refractivity contribution in [3.63, 3.8) is 0 Å². The Labute approximate surface area is 198 Å². The van der Waals surface area contributed by atoms with Crippen molar-refractivity contribution in [3.05, 3.63) is 76.5 Å². The summed E-state index contributed by atoms with van der Waals surface area (Å²) in [6.07, 6.45) is 3.37. The highest BCUT2D eigenvalue weighted by Crippen LogP contribution is 2.40. The van der Waals surface area contributed by atoms with Gasteiger partial charge in [0.15, 0.2) is 5.78 Å². The van der Waals surface area contributed by atoms with E-state index in [-0.39, 0.29) is 11.8 Å². The number of hydrogen-bond acceptors (Lipinski definition) is 6. The van der Waals surface area contributed by atoms with Crippen molar-refractivity contribution < 1.29 is 9.53 Å². The third-order valence-corrected chi connectivity index (χ3v) is 7.18. The molecular weight excluding hydrogens is 432 g/mol. The van der Waals surface area contributed by atoms with E-state index in [4.69, 9.17) is 14.8 Å². The molecule has 170 valence electrons. The minimum Gasteiger partial charge on any atom is -0.489 e. The molecule has 5 rings (SSSR count). The lowest BCUT2D eigenvalue weighted by Crippen LogP contribution is -2.31. The van der Waals surface area contributed by atoms with Gasteiger partial charge in [-0.05, 0) is 55.0 Å². The fourth-order valence-electron chi connectivity index (χ4n) is 4.38. The molecule has 1 aliphatic heterocycles. The number of thioether (sulfide) groups is 1. The third kappa shape index (κ3) is 4.42. The van der Waals surface area contributed by atoms with Gasteiger partial charge in [-0.3, -0.25) is 4.79 Å². The summed E-state index contributed by atoms with van der Waals surface area (Å²) in [4.78, 5) is 17.7. The van der Waals surface area contributed by atoms with E-state index in [9.17, 15) is 4.79 Å². The molecule has 1 aromatic heterocycles. The Bertz CT molecular complexity index is 1200. The van der Waals surface area contributed by atoms with Gasteiger partial charge < -0.3 is 10.1 Å². The summed E-state index contributed by atoms with van der Waals surface area (Å²) in [5.41, 5.74) is 5.21. The molecule has 1 aliphatic carbocycles. The van der Waals surface area contributed by atoms with Gasteiger partial charge in [0.25, 0.3) is 0 Å². The van der Waals surface area contributed by atoms with Gasteiger partial charge in [0.05, 0.1) is 0 Å². The summed E-state index contributed by atoms with van der Waals surface area (Å²) >= 11 is 1.65. The Kier molecular flexibility index (Phi) is 6.22. The second-order valence-electron chi connectivity index (χ2n) is 8.49. The van der Waals surface area contributed by atoms with E-state index in [1.807, 2.05) is 41.1 Å². The molecule has 33 heavy (non-hydrogen) atoms.